The van der Waals surface area contributed by atoms with Crippen LogP contribution in [0.25, 0.3) is 33.5 Å². The lowest BCUT2D eigenvalue weighted by Crippen LogP contribution is -2.21. The Balaban J connectivity index is 1.32. The second-order valence-corrected chi connectivity index (χ2v) is 11.1. The average molecular weight is 723 g/mol. The number of nitrogens with zero attached hydrogens (tertiary/aromatic N) is 3. The summed E-state index contributed by atoms with van der Waals surface area (Å²) in [5.41, 5.74) is 1.33. The number of nitrogens with one attached hydrogen (secondary N) is 1. The first-order valence-electron chi connectivity index (χ1n) is 13.1. The van der Waals surface area contributed by atoms with Crippen LogP contribution < -0.4 is 20.3 Å². The Kier molecular flexibility index (Phi) is 8.31. The lowest BCUT2D eigenvalue weighted by Gasteiger charge is -2.14. The number of furan rings is 1. The third kappa shape index (κ3) is 6.01. The van der Waals surface area contributed by atoms with Gasteiger partial charge in [0.25, 0.3) is 11.5 Å². The molecule has 0 bridgehead atoms. The number of amides is 1. The number of halogens is 3. The van der Waals surface area contributed by atoms with Crippen molar-refractivity contribution in [1.29, 1.82) is 0 Å². The van der Waals surface area contributed by atoms with Crippen LogP contribution in [0.2, 0.25) is 5.02 Å². The Hall–Kier alpha value is -4.75. The van der Waals surface area contributed by atoms with Gasteiger partial charge in [-0.15, -0.1) is 0 Å². The predicted octanol–water partition coefficient (Wildman–Crippen LogP) is 7.12. The van der Waals surface area contributed by atoms with Crippen LogP contribution in [0.3, 0.4) is 0 Å². The molecule has 2 aromatic heterocycles. The lowest BCUT2D eigenvalue weighted by molar-refractivity contribution is -0.118. The minimum absolute atomic E-state index is 0.0542. The molecule has 1 N–H and O–H groups in total. The van der Waals surface area contributed by atoms with Crippen LogP contribution in [-0.2, 0) is 4.79 Å². The fraction of sp³-hybridized carbons (Fsp3) is 0.0625. The number of para-hydroxylation sites is 2. The zero-order valence-corrected chi connectivity index (χ0v) is 25.8. The summed E-state index contributed by atoms with van der Waals surface area (Å²) in [4.78, 5) is 30.7. The van der Waals surface area contributed by atoms with Crippen LogP contribution in [0.4, 0.5) is 10.1 Å². The predicted molar refractivity (Wildman–Crippen MR) is 175 cm³/mol. The number of rotatable bonds is 8. The van der Waals surface area contributed by atoms with Crippen molar-refractivity contribution in [3.05, 3.63) is 115 Å². The van der Waals surface area contributed by atoms with E-state index in [2.05, 4.69) is 10.4 Å². The zero-order chi connectivity index (χ0) is 30.8. The van der Waals surface area contributed by atoms with Crippen molar-refractivity contribution in [3.63, 3.8) is 0 Å². The number of carbonyl (C=O) groups is 1. The number of benzene rings is 4. The molecule has 2 heterocycles. The van der Waals surface area contributed by atoms with Gasteiger partial charge < -0.3 is 19.2 Å². The van der Waals surface area contributed by atoms with Gasteiger partial charge in [0.05, 0.1) is 33.5 Å². The van der Waals surface area contributed by atoms with Crippen molar-refractivity contribution in [1.82, 2.24) is 9.66 Å². The van der Waals surface area contributed by atoms with E-state index in [9.17, 15) is 14.0 Å². The number of ether oxygens (including phenoxy) is 2. The van der Waals surface area contributed by atoms with Gasteiger partial charge in [-0.2, -0.15) is 9.78 Å². The highest BCUT2D eigenvalue weighted by Crippen LogP contribution is 2.34. The molecule has 0 aliphatic heterocycles. The highest BCUT2D eigenvalue weighted by atomic mass is 127. The van der Waals surface area contributed by atoms with Crippen molar-refractivity contribution < 1.29 is 23.1 Å². The Bertz CT molecular complexity index is 2150. The summed E-state index contributed by atoms with van der Waals surface area (Å²) >= 11 is 8.20. The maximum atomic E-state index is 13.9. The first-order valence-corrected chi connectivity index (χ1v) is 14.6. The van der Waals surface area contributed by atoms with Crippen LogP contribution >= 0.6 is 34.2 Å². The molecule has 9 nitrogen and oxygen atoms in total. The van der Waals surface area contributed by atoms with Crippen molar-refractivity contribution in [2.45, 2.75) is 0 Å². The third-order valence-corrected chi connectivity index (χ3v) is 7.56. The molecule has 6 rings (SSSR count). The van der Waals surface area contributed by atoms with E-state index in [1.165, 1.54) is 36.2 Å². The number of aromatic nitrogens is 2. The number of methoxy groups -OCH3 is 1. The largest absolute Gasteiger partial charge is 0.493 e. The molecule has 4 aromatic carbocycles. The highest BCUT2D eigenvalue weighted by Gasteiger charge is 2.18. The first-order chi connectivity index (χ1) is 21.3. The summed E-state index contributed by atoms with van der Waals surface area (Å²) in [6.45, 7) is -0.377. The quantitative estimate of drug-likeness (QED) is 0.133. The number of fused-ring (bicyclic) bond motifs is 2. The van der Waals surface area contributed by atoms with Gasteiger partial charge in [0, 0.05) is 10.4 Å². The zero-order valence-electron chi connectivity index (χ0n) is 22.9. The summed E-state index contributed by atoms with van der Waals surface area (Å²) in [5.74, 6) is 0.106. The monoisotopic (exact) mass is 722 g/mol. The fourth-order valence-electron chi connectivity index (χ4n) is 4.48. The molecule has 0 atom stereocenters. The molecule has 0 aliphatic carbocycles. The van der Waals surface area contributed by atoms with Crippen molar-refractivity contribution >= 4 is 73.9 Å². The fourth-order valence-corrected chi connectivity index (χ4v) is 5.44. The van der Waals surface area contributed by atoms with Gasteiger partial charge in [0.15, 0.2) is 23.9 Å². The average Bonchev–Trinajstić information content (AvgIpc) is 3.44. The van der Waals surface area contributed by atoms with E-state index < -0.39 is 11.7 Å². The van der Waals surface area contributed by atoms with Crippen LogP contribution in [-0.4, -0.2) is 35.5 Å². The summed E-state index contributed by atoms with van der Waals surface area (Å²) < 4.78 is 33.0. The van der Waals surface area contributed by atoms with E-state index in [0.717, 1.165) is 5.39 Å². The van der Waals surface area contributed by atoms with Crippen LogP contribution in [0.15, 0.2) is 99.2 Å². The van der Waals surface area contributed by atoms with Crippen molar-refractivity contribution in [2.24, 2.45) is 5.10 Å². The van der Waals surface area contributed by atoms with Crippen LogP contribution in [0, 0.1) is 9.39 Å². The second-order valence-electron chi connectivity index (χ2n) is 9.46. The van der Waals surface area contributed by atoms with Crippen molar-refractivity contribution in [2.75, 3.05) is 19.0 Å². The lowest BCUT2D eigenvalue weighted by atomic mass is 10.2. The number of carbonyl (C=O) groups excluding carboxylic acids is 1. The number of hydrogen-bond acceptors (Lipinski definition) is 7. The molecule has 12 heteroatoms. The Morgan fingerprint density at radius 3 is 2.73 bits per heavy atom. The molecule has 1 amide bonds. The van der Waals surface area contributed by atoms with Gasteiger partial charge in [-0.25, -0.2) is 9.37 Å². The minimum Gasteiger partial charge on any atom is -0.493 e. The first kappa shape index (κ1) is 29.3. The van der Waals surface area contributed by atoms with E-state index in [1.807, 2.05) is 22.6 Å². The van der Waals surface area contributed by atoms with Gasteiger partial charge in [-0.05, 0) is 88.8 Å². The molecular formula is C32H21ClFIN4O5. The summed E-state index contributed by atoms with van der Waals surface area (Å²) in [5, 5.41) is 8.66. The molecule has 220 valence electrons. The maximum absolute atomic E-state index is 13.9. The van der Waals surface area contributed by atoms with E-state index in [1.54, 1.807) is 66.7 Å². The molecule has 0 fully saturated rings. The maximum Gasteiger partial charge on any atom is 0.282 e. The molecule has 0 spiro atoms. The minimum atomic E-state index is -0.551. The Morgan fingerprint density at radius 1 is 1.11 bits per heavy atom. The summed E-state index contributed by atoms with van der Waals surface area (Å²) in [6.07, 6.45) is 1.49. The van der Waals surface area contributed by atoms with E-state index in [-0.39, 0.29) is 23.7 Å². The molecule has 44 heavy (non-hydrogen) atoms. The SMILES string of the molecule is COc1cc(C=Nn2c(-c3cc4cc(Cl)ccc4o3)nc3ccccc3c2=O)cc(I)c1OCC(=O)Nc1ccccc1F. The molecular weight excluding hydrogens is 702 g/mol. The standard InChI is InChI=1S/C32H21ClFIN4O5/c1-42-27-13-18(12-23(35)30(27)43-17-29(40)37-25-9-5-3-7-22(25)34)16-36-39-31(38-24-8-4-2-6-21(24)32(39)41)28-15-19-14-20(33)10-11-26(19)44-28/h2-16H,17H2,1H3,(H,37,40). The number of anilines is 1. The topological polar surface area (TPSA) is 108 Å². The smallest absolute Gasteiger partial charge is 0.282 e. The second kappa shape index (κ2) is 12.5. The molecule has 6 aromatic rings. The Morgan fingerprint density at radius 2 is 1.91 bits per heavy atom. The van der Waals surface area contributed by atoms with E-state index >= 15 is 0 Å². The van der Waals surface area contributed by atoms with Gasteiger partial charge in [0.1, 0.15) is 11.4 Å². The molecule has 0 aliphatic rings. The van der Waals surface area contributed by atoms with Crippen molar-refractivity contribution in [3.8, 4) is 23.1 Å². The van der Waals surface area contributed by atoms with Crippen LogP contribution in [0.1, 0.15) is 5.56 Å². The Labute approximate surface area is 268 Å². The number of hydrogen-bond donors (Lipinski definition) is 1. The molecule has 0 radical (unpaired) electrons. The van der Waals surface area contributed by atoms with Crippen LogP contribution in [0.5, 0.6) is 11.5 Å². The van der Waals surface area contributed by atoms with Gasteiger partial charge >= 0.3 is 0 Å². The molecule has 0 unspecified atom stereocenters. The molecule has 0 saturated carbocycles. The highest BCUT2D eigenvalue weighted by molar-refractivity contribution is 14.1. The van der Waals surface area contributed by atoms with E-state index in [0.29, 0.717) is 47.9 Å². The van der Waals surface area contributed by atoms with Gasteiger partial charge in [-0.1, -0.05) is 35.9 Å². The normalized spacial score (nSPS) is 11.4. The van der Waals surface area contributed by atoms with Gasteiger partial charge in [-0.3, -0.25) is 9.59 Å². The van der Waals surface area contributed by atoms with E-state index in [4.69, 9.17) is 30.5 Å². The summed E-state index contributed by atoms with van der Waals surface area (Å²) in [7, 11) is 1.46. The summed E-state index contributed by atoms with van der Waals surface area (Å²) in [6, 6.07) is 23.2. The van der Waals surface area contributed by atoms with Gasteiger partial charge in [0.2, 0.25) is 5.82 Å². The third-order valence-electron chi connectivity index (χ3n) is 6.52. The molecule has 0 saturated heterocycles.